The van der Waals surface area contributed by atoms with Gasteiger partial charge in [-0.05, 0) is 15.9 Å². The van der Waals surface area contributed by atoms with Gasteiger partial charge in [0.1, 0.15) is 8.66 Å². The Kier molecular flexibility index (Phi) is 2.32. The molecule has 0 atom stereocenters. The Balaban J connectivity index is 2.65. The monoisotopic (exact) mass is 276 g/mol. The van der Waals surface area contributed by atoms with Crippen LogP contribution in [-0.2, 0) is 0 Å². The van der Waals surface area contributed by atoms with Crippen molar-refractivity contribution < 1.29 is 19.4 Å². The molecule has 0 spiro atoms. The fourth-order valence-electron chi connectivity index (χ4n) is 1.29. The second-order valence-electron chi connectivity index (χ2n) is 2.74. The summed E-state index contributed by atoms with van der Waals surface area (Å²) in [5.74, 6) is -0.870. The van der Waals surface area contributed by atoms with Gasteiger partial charge in [0, 0.05) is 6.42 Å². The van der Waals surface area contributed by atoms with Crippen molar-refractivity contribution in [2.45, 2.75) is 6.42 Å². The second-order valence-corrected chi connectivity index (χ2v) is 5.07. The minimum atomic E-state index is -1.09. The van der Waals surface area contributed by atoms with Gasteiger partial charge >= 0.3 is 5.97 Å². The molecule has 2 heterocycles. The molecule has 1 aromatic heterocycles. The zero-order valence-corrected chi connectivity index (χ0v) is 9.27. The van der Waals surface area contributed by atoms with E-state index in [4.69, 9.17) is 9.84 Å². The van der Waals surface area contributed by atoms with Crippen molar-refractivity contribution in [3.05, 3.63) is 14.2 Å². The maximum absolute atomic E-state index is 11.5. The van der Waals surface area contributed by atoms with Crippen LogP contribution in [0.15, 0.2) is 3.79 Å². The lowest BCUT2D eigenvalue weighted by molar-refractivity contribution is 0.0694. The van der Waals surface area contributed by atoms with Gasteiger partial charge in [-0.2, -0.15) is 0 Å². The molecule has 0 aromatic carbocycles. The zero-order valence-electron chi connectivity index (χ0n) is 6.87. The Hall–Kier alpha value is -0.880. The van der Waals surface area contributed by atoms with Crippen LogP contribution < -0.4 is 4.74 Å². The third-order valence-electron chi connectivity index (χ3n) is 1.87. The van der Waals surface area contributed by atoms with E-state index in [0.29, 0.717) is 16.1 Å². The van der Waals surface area contributed by atoms with E-state index >= 15 is 0 Å². The number of carboxylic acid groups (broad SMARTS) is 1. The molecule has 0 unspecified atom stereocenters. The first-order valence-corrected chi connectivity index (χ1v) is 5.43. The number of carbonyl (C=O) groups is 2. The topological polar surface area (TPSA) is 63.6 Å². The Bertz CT molecular complexity index is 423. The fraction of sp³-hybridized carbons (Fsp3) is 0.250. The molecule has 0 saturated heterocycles. The number of fused-ring (bicyclic) bond motifs is 1. The van der Waals surface area contributed by atoms with E-state index in [1.54, 1.807) is 0 Å². The summed E-state index contributed by atoms with van der Waals surface area (Å²) in [6.07, 6.45) is 0.246. The molecule has 0 amide bonds. The van der Waals surface area contributed by atoms with Crippen LogP contribution in [0.4, 0.5) is 0 Å². The lowest BCUT2D eigenvalue weighted by Gasteiger charge is -2.12. The molecular formula is C8H5BrO4S. The van der Waals surface area contributed by atoms with Crippen LogP contribution in [0.3, 0.4) is 0 Å². The summed E-state index contributed by atoms with van der Waals surface area (Å²) >= 11 is 4.19. The van der Waals surface area contributed by atoms with Crippen molar-refractivity contribution in [1.29, 1.82) is 0 Å². The molecule has 0 saturated carbocycles. The second kappa shape index (κ2) is 3.36. The molecule has 4 nitrogen and oxygen atoms in total. The number of rotatable bonds is 1. The molecule has 74 valence electrons. The highest BCUT2D eigenvalue weighted by Crippen LogP contribution is 2.42. The summed E-state index contributed by atoms with van der Waals surface area (Å²) < 4.78 is 5.80. The predicted octanol–water partition coefficient (Wildman–Crippen LogP) is 2.17. The van der Waals surface area contributed by atoms with Gasteiger partial charge in [0.15, 0.2) is 11.5 Å². The number of aromatic carboxylic acids is 1. The largest absolute Gasteiger partial charge is 0.490 e. The number of ketones is 1. The molecular weight excluding hydrogens is 272 g/mol. The number of hydrogen-bond donors (Lipinski definition) is 1. The van der Waals surface area contributed by atoms with Gasteiger partial charge in [0.05, 0.1) is 12.2 Å². The normalized spacial score (nSPS) is 14.8. The Morgan fingerprint density at radius 3 is 2.93 bits per heavy atom. The van der Waals surface area contributed by atoms with Crippen molar-refractivity contribution in [2.24, 2.45) is 0 Å². The maximum Gasteiger partial charge on any atom is 0.346 e. The van der Waals surface area contributed by atoms with Gasteiger partial charge in [-0.15, -0.1) is 11.3 Å². The summed E-state index contributed by atoms with van der Waals surface area (Å²) in [4.78, 5) is 22.3. The van der Waals surface area contributed by atoms with Crippen LogP contribution >= 0.6 is 27.3 Å². The average molecular weight is 277 g/mol. The predicted molar refractivity (Wildman–Crippen MR) is 53.4 cm³/mol. The van der Waals surface area contributed by atoms with E-state index in [-0.39, 0.29) is 22.6 Å². The van der Waals surface area contributed by atoms with Gasteiger partial charge in [-0.3, -0.25) is 4.79 Å². The standard InChI is InChI=1S/C8H5BrO4S/c9-7-5-4(3(10)1-2-13-5)6(14-7)8(11)12/h1-2H2,(H,11,12). The van der Waals surface area contributed by atoms with Crippen LogP contribution in [0.1, 0.15) is 26.5 Å². The highest BCUT2D eigenvalue weighted by Gasteiger charge is 2.30. The smallest absolute Gasteiger partial charge is 0.346 e. The molecule has 1 aliphatic heterocycles. The molecule has 6 heteroatoms. The number of carbonyl (C=O) groups excluding carboxylic acids is 1. The van der Waals surface area contributed by atoms with Crippen molar-refractivity contribution >= 4 is 39.0 Å². The van der Waals surface area contributed by atoms with Crippen molar-refractivity contribution in [3.63, 3.8) is 0 Å². The number of carboxylic acids is 1. The fourth-order valence-corrected chi connectivity index (χ4v) is 2.92. The van der Waals surface area contributed by atoms with Crippen LogP contribution in [0.2, 0.25) is 0 Å². The lowest BCUT2D eigenvalue weighted by Crippen LogP contribution is -2.16. The number of hydrogen-bond acceptors (Lipinski definition) is 4. The summed E-state index contributed by atoms with van der Waals surface area (Å²) in [5.41, 5.74) is 0.209. The van der Waals surface area contributed by atoms with E-state index in [1.807, 2.05) is 0 Å². The van der Waals surface area contributed by atoms with Crippen LogP contribution in [0.25, 0.3) is 0 Å². The Morgan fingerprint density at radius 2 is 2.29 bits per heavy atom. The van der Waals surface area contributed by atoms with E-state index in [2.05, 4.69) is 15.9 Å². The third-order valence-corrected chi connectivity index (χ3v) is 3.67. The molecule has 1 aliphatic rings. The highest BCUT2D eigenvalue weighted by atomic mass is 79.9. The maximum atomic E-state index is 11.5. The van der Waals surface area contributed by atoms with Gasteiger partial charge in [0.25, 0.3) is 0 Å². The Morgan fingerprint density at radius 1 is 1.57 bits per heavy atom. The van der Waals surface area contributed by atoms with Gasteiger partial charge in [-0.25, -0.2) is 4.79 Å². The van der Waals surface area contributed by atoms with Gasteiger partial charge in [0.2, 0.25) is 0 Å². The summed E-state index contributed by atoms with van der Waals surface area (Å²) in [5, 5.41) is 8.85. The SMILES string of the molecule is O=C(O)c1sc(Br)c2c1C(=O)CCO2. The first-order valence-electron chi connectivity index (χ1n) is 3.83. The van der Waals surface area contributed by atoms with Crippen LogP contribution in [0.5, 0.6) is 5.75 Å². The quantitative estimate of drug-likeness (QED) is 0.854. The average Bonchev–Trinajstić information content (AvgIpc) is 2.46. The van der Waals surface area contributed by atoms with E-state index in [9.17, 15) is 9.59 Å². The van der Waals surface area contributed by atoms with E-state index in [0.717, 1.165) is 11.3 Å². The minimum Gasteiger partial charge on any atom is -0.490 e. The van der Waals surface area contributed by atoms with Gasteiger partial charge in [-0.1, -0.05) is 0 Å². The number of halogens is 1. The summed E-state index contributed by atoms with van der Waals surface area (Å²) in [7, 11) is 0. The molecule has 0 bridgehead atoms. The molecule has 14 heavy (non-hydrogen) atoms. The van der Waals surface area contributed by atoms with Crippen molar-refractivity contribution in [3.8, 4) is 5.75 Å². The number of thiophene rings is 1. The minimum absolute atomic E-state index is 0.0524. The lowest BCUT2D eigenvalue weighted by atomic mass is 10.1. The summed E-state index contributed by atoms with van der Waals surface area (Å²) in [6, 6.07) is 0. The van der Waals surface area contributed by atoms with Crippen molar-refractivity contribution in [1.82, 2.24) is 0 Å². The molecule has 0 radical (unpaired) electrons. The van der Waals surface area contributed by atoms with Crippen LogP contribution in [-0.4, -0.2) is 23.5 Å². The summed E-state index contributed by atoms with van der Waals surface area (Å²) in [6.45, 7) is 0.320. The van der Waals surface area contributed by atoms with E-state index in [1.165, 1.54) is 0 Å². The highest BCUT2D eigenvalue weighted by molar-refractivity contribution is 9.11. The number of ether oxygens (including phenoxy) is 1. The molecule has 2 rings (SSSR count). The van der Waals surface area contributed by atoms with Crippen LogP contribution in [0, 0.1) is 0 Å². The third kappa shape index (κ3) is 1.34. The first-order chi connectivity index (χ1) is 6.61. The first kappa shape index (κ1) is 9.67. The zero-order chi connectivity index (χ0) is 10.3. The van der Waals surface area contributed by atoms with Crippen molar-refractivity contribution in [2.75, 3.05) is 6.61 Å². The number of Topliss-reactive ketones (excluding diaryl/α,β-unsaturated/α-hetero) is 1. The molecule has 1 aromatic rings. The van der Waals surface area contributed by atoms with Gasteiger partial charge < -0.3 is 9.84 Å². The molecule has 1 N–H and O–H groups in total. The molecule has 0 aliphatic carbocycles. The molecule has 0 fully saturated rings. The van der Waals surface area contributed by atoms with E-state index < -0.39 is 5.97 Å². The Labute approximate surface area is 91.6 Å².